The van der Waals surface area contributed by atoms with Crippen molar-refractivity contribution in [3.05, 3.63) is 51.3 Å². The molecule has 0 radical (unpaired) electrons. The maximum Gasteiger partial charge on any atom is 0.262 e. The Morgan fingerprint density at radius 3 is 2.58 bits per heavy atom. The molecule has 1 aromatic carbocycles. The average molecular weight is 329 g/mol. The number of nitrogens with one attached hydrogen (secondary N) is 1. The zero-order valence-electron chi connectivity index (χ0n) is 12.8. The lowest BCUT2D eigenvalue weighted by Crippen LogP contribution is -2.24. The van der Waals surface area contributed by atoms with Crippen molar-refractivity contribution in [3.8, 4) is 11.4 Å². The summed E-state index contributed by atoms with van der Waals surface area (Å²) in [6, 6.07) is 6.05. The third kappa shape index (κ3) is 2.42. The van der Waals surface area contributed by atoms with Gasteiger partial charge in [-0.25, -0.2) is 0 Å². The molecule has 2 aromatic rings. The van der Waals surface area contributed by atoms with E-state index in [4.69, 9.17) is 15.6 Å². The normalized spacial score (nSPS) is 12.9. The minimum absolute atomic E-state index is 0.0221. The number of ether oxygens (including phenoxy) is 1. The van der Waals surface area contributed by atoms with Gasteiger partial charge in [-0.2, -0.15) is 0 Å². The summed E-state index contributed by atoms with van der Waals surface area (Å²) < 4.78 is 6.34. The number of hydrogen-bond donors (Lipinski definition) is 3. The lowest BCUT2D eigenvalue weighted by molar-refractivity contribution is 0.0880. The molecule has 8 heteroatoms. The standard InChI is InChI=1S/C16H15N3O5/c1-24-10-5-8(2-3-20)4-9(6-10)19-12(21)7-11-13(14(19)17)16(23)18-15(11)22/h4-7,20H,2-3,17H2,1H3,(H,18,22,23). The van der Waals surface area contributed by atoms with Gasteiger partial charge in [-0.3, -0.25) is 24.3 Å². The highest BCUT2D eigenvalue weighted by molar-refractivity contribution is 6.23. The summed E-state index contributed by atoms with van der Waals surface area (Å²) in [5.41, 5.74) is 6.52. The molecule has 0 saturated carbocycles. The van der Waals surface area contributed by atoms with Gasteiger partial charge in [0.1, 0.15) is 11.6 Å². The number of imide groups is 1. The van der Waals surface area contributed by atoms with E-state index < -0.39 is 17.4 Å². The van der Waals surface area contributed by atoms with Crippen molar-refractivity contribution >= 4 is 17.6 Å². The molecular weight excluding hydrogens is 314 g/mol. The summed E-state index contributed by atoms with van der Waals surface area (Å²) in [7, 11) is 1.47. The number of fused-ring (bicyclic) bond motifs is 1. The summed E-state index contributed by atoms with van der Waals surface area (Å²) in [5, 5.41) is 11.2. The first-order valence-electron chi connectivity index (χ1n) is 7.16. The van der Waals surface area contributed by atoms with E-state index in [1.165, 1.54) is 7.11 Å². The second kappa shape index (κ2) is 5.82. The van der Waals surface area contributed by atoms with Gasteiger partial charge in [0.25, 0.3) is 17.4 Å². The highest BCUT2D eigenvalue weighted by Gasteiger charge is 2.31. The van der Waals surface area contributed by atoms with E-state index in [9.17, 15) is 14.4 Å². The molecule has 0 saturated heterocycles. The van der Waals surface area contributed by atoms with E-state index in [-0.39, 0.29) is 23.6 Å². The Morgan fingerprint density at radius 2 is 1.92 bits per heavy atom. The molecule has 8 nitrogen and oxygen atoms in total. The Morgan fingerprint density at radius 1 is 1.17 bits per heavy atom. The fourth-order valence-electron chi connectivity index (χ4n) is 2.71. The predicted molar refractivity (Wildman–Crippen MR) is 85.6 cm³/mol. The van der Waals surface area contributed by atoms with Crippen LogP contribution in [0.1, 0.15) is 26.3 Å². The minimum atomic E-state index is -0.641. The van der Waals surface area contributed by atoms with Crippen molar-refractivity contribution in [1.82, 2.24) is 9.88 Å². The highest BCUT2D eigenvalue weighted by Crippen LogP contribution is 2.25. The Hall–Kier alpha value is -3.13. The summed E-state index contributed by atoms with van der Waals surface area (Å²) >= 11 is 0. The lowest BCUT2D eigenvalue weighted by Gasteiger charge is -2.14. The zero-order valence-corrected chi connectivity index (χ0v) is 12.8. The number of aromatic nitrogens is 1. The number of nitrogens with zero attached hydrogens (tertiary/aromatic N) is 1. The maximum absolute atomic E-state index is 12.4. The molecule has 2 amide bonds. The molecule has 4 N–H and O–H groups in total. The van der Waals surface area contributed by atoms with E-state index >= 15 is 0 Å². The molecule has 0 aliphatic carbocycles. The number of carbonyl (C=O) groups is 2. The number of rotatable bonds is 4. The van der Waals surface area contributed by atoms with Gasteiger partial charge in [-0.1, -0.05) is 0 Å². The number of pyridine rings is 1. The first kappa shape index (κ1) is 15.8. The number of anilines is 1. The molecule has 0 bridgehead atoms. The van der Waals surface area contributed by atoms with Crippen LogP contribution in [-0.2, 0) is 6.42 Å². The molecule has 1 aromatic heterocycles. The number of methoxy groups -OCH3 is 1. The molecule has 0 unspecified atom stereocenters. The lowest BCUT2D eigenvalue weighted by atomic mass is 10.1. The van der Waals surface area contributed by atoms with Gasteiger partial charge in [-0.15, -0.1) is 0 Å². The molecule has 0 fully saturated rings. The Balaban J connectivity index is 2.26. The van der Waals surface area contributed by atoms with Crippen molar-refractivity contribution in [1.29, 1.82) is 0 Å². The first-order chi connectivity index (χ1) is 11.5. The molecule has 2 heterocycles. The number of aliphatic hydroxyl groups is 1. The van der Waals surface area contributed by atoms with Crippen molar-refractivity contribution in [2.45, 2.75) is 6.42 Å². The number of hydrogen-bond acceptors (Lipinski definition) is 6. The van der Waals surface area contributed by atoms with E-state index in [0.717, 1.165) is 16.2 Å². The third-order valence-corrected chi connectivity index (χ3v) is 3.80. The third-order valence-electron chi connectivity index (χ3n) is 3.80. The van der Waals surface area contributed by atoms with E-state index in [1.807, 2.05) is 0 Å². The second-order valence-electron chi connectivity index (χ2n) is 5.29. The first-order valence-corrected chi connectivity index (χ1v) is 7.16. The number of nitrogen functional groups attached to an aromatic ring is 1. The molecule has 3 rings (SSSR count). The molecule has 1 aliphatic heterocycles. The van der Waals surface area contributed by atoms with Gasteiger partial charge in [-0.05, 0) is 24.1 Å². The van der Waals surface area contributed by atoms with Gasteiger partial charge < -0.3 is 15.6 Å². The quantitative estimate of drug-likeness (QED) is 0.670. The largest absolute Gasteiger partial charge is 0.497 e. The molecular formula is C16H15N3O5. The number of amides is 2. The minimum Gasteiger partial charge on any atom is -0.497 e. The van der Waals surface area contributed by atoms with E-state index in [0.29, 0.717) is 17.9 Å². The second-order valence-corrected chi connectivity index (χ2v) is 5.29. The van der Waals surface area contributed by atoms with Gasteiger partial charge in [0.15, 0.2) is 0 Å². The van der Waals surface area contributed by atoms with Crippen LogP contribution in [0.15, 0.2) is 29.1 Å². The average Bonchev–Trinajstić information content (AvgIpc) is 2.81. The summed E-state index contributed by atoms with van der Waals surface area (Å²) in [6.45, 7) is -0.0713. The van der Waals surface area contributed by atoms with Crippen LogP contribution in [0.2, 0.25) is 0 Å². The van der Waals surface area contributed by atoms with Crippen LogP contribution in [0, 0.1) is 0 Å². The van der Waals surface area contributed by atoms with Crippen LogP contribution in [0.4, 0.5) is 5.82 Å². The molecule has 124 valence electrons. The summed E-state index contributed by atoms with van der Waals surface area (Å²) in [5.74, 6) is -0.926. The van der Waals surface area contributed by atoms with Crippen molar-refractivity contribution in [3.63, 3.8) is 0 Å². The van der Waals surface area contributed by atoms with Gasteiger partial charge in [0, 0.05) is 18.7 Å². The van der Waals surface area contributed by atoms with Crippen molar-refractivity contribution < 1.29 is 19.4 Å². The number of aliphatic hydroxyl groups excluding tert-OH is 1. The highest BCUT2D eigenvalue weighted by atomic mass is 16.5. The summed E-state index contributed by atoms with van der Waals surface area (Å²) in [4.78, 5) is 36.0. The van der Waals surface area contributed by atoms with Crippen LogP contribution in [0.5, 0.6) is 5.75 Å². The van der Waals surface area contributed by atoms with E-state index in [2.05, 4.69) is 5.32 Å². The molecule has 0 spiro atoms. The number of carbonyl (C=O) groups excluding carboxylic acids is 2. The van der Waals surface area contributed by atoms with Gasteiger partial charge in [0.05, 0.1) is 23.9 Å². The van der Waals surface area contributed by atoms with Crippen LogP contribution in [0.25, 0.3) is 5.69 Å². The Kier molecular flexibility index (Phi) is 3.82. The van der Waals surface area contributed by atoms with Crippen LogP contribution in [-0.4, -0.2) is 35.2 Å². The smallest absolute Gasteiger partial charge is 0.262 e. The maximum atomic E-state index is 12.4. The predicted octanol–water partition coefficient (Wildman–Crippen LogP) is -0.153. The summed E-state index contributed by atoms with van der Waals surface area (Å²) in [6.07, 6.45) is 0.364. The van der Waals surface area contributed by atoms with E-state index in [1.54, 1.807) is 18.2 Å². The van der Waals surface area contributed by atoms with Crippen LogP contribution >= 0.6 is 0 Å². The molecule has 0 atom stereocenters. The van der Waals surface area contributed by atoms with Crippen molar-refractivity contribution in [2.24, 2.45) is 0 Å². The molecule has 24 heavy (non-hydrogen) atoms. The number of benzene rings is 1. The SMILES string of the molecule is COc1cc(CCO)cc(-n2c(N)c3c(cc2=O)C(=O)NC3=O)c1. The Bertz CT molecular complexity index is 917. The van der Waals surface area contributed by atoms with Gasteiger partial charge in [0.2, 0.25) is 0 Å². The topological polar surface area (TPSA) is 124 Å². The van der Waals surface area contributed by atoms with Crippen LogP contribution in [0.3, 0.4) is 0 Å². The van der Waals surface area contributed by atoms with Crippen LogP contribution < -0.4 is 21.3 Å². The fourth-order valence-corrected chi connectivity index (χ4v) is 2.71. The fraction of sp³-hybridized carbons (Fsp3) is 0.188. The Labute approximate surface area is 136 Å². The monoisotopic (exact) mass is 329 g/mol. The zero-order chi connectivity index (χ0) is 17.4. The number of nitrogens with two attached hydrogens (primary N) is 1. The van der Waals surface area contributed by atoms with Gasteiger partial charge >= 0.3 is 0 Å². The van der Waals surface area contributed by atoms with Crippen molar-refractivity contribution in [2.75, 3.05) is 19.5 Å². The molecule has 1 aliphatic rings.